The van der Waals surface area contributed by atoms with Gasteiger partial charge in [-0.15, -0.1) is 11.3 Å². The Morgan fingerprint density at radius 1 is 1.24 bits per heavy atom. The molecule has 0 aliphatic carbocycles. The van der Waals surface area contributed by atoms with Crippen molar-refractivity contribution in [2.24, 2.45) is 0 Å². The smallest absolute Gasteiger partial charge is 0.143 e. The molecule has 0 aliphatic rings. The van der Waals surface area contributed by atoms with Crippen LogP contribution < -0.4 is 5.32 Å². The fourth-order valence-corrected chi connectivity index (χ4v) is 4.40. The minimum absolute atomic E-state index is 0.410. The van der Waals surface area contributed by atoms with Crippen molar-refractivity contribution in [3.05, 3.63) is 31.8 Å². The molecule has 0 fully saturated rings. The normalized spacial score (nSPS) is 11.6. The highest BCUT2D eigenvalue weighted by Crippen LogP contribution is 2.35. The second kappa shape index (κ2) is 7.31. The molecule has 0 atom stereocenters. The van der Waals surface area contributed by atoms with E-state index in [9.17, 15) is 0 Å². The molecule has 3 nitrogen and oxygen atoms in total. The average molecular weight is 433 g/mol. The number of halogens is 2. The van der Waals surface area contributed by atoms with Crippen molar-refractivity contribution in [3.8, 4) is 10.7 Å². The summed E-state index contributed by atoms with van der Waals surface area (Å²) in [5, 5.41) is 4.45. The third kappa shape index (κ3) is 4.34. The van der Waals surface area contributed by atoms with Gasteiger partial charge in [-0.25, -0.2) is 4.98 Å². The summed E-state index contributed by atoms with van der Waals surface area (Å²) in [5.74, 6) is 0.410. The van der Waals surface area contributed by atoms with Crippen molar-refractivity contribution in [1.29, 1.82) is 0 Å². The van der Waals surface area contributed by atoms with Crippen LogP contribution >= 0.6 is 43.2 Å². The van der Waals surface area contributed by atoms with E-state index in [1.165, 1.54) is 10.6 Å². The molecule has 0 aromatic carbocycles. The van der Waals surface area contributed by atoms with E-state index >= 15 is 0 Å². The number of hydrogen-bond acceptors (Lipinski definition) is 4. The lowest BCUT2D eigenvalue weighted by atomic mass is 10.1. The fourth-order valence-electron chi connectivity index (χ4n) is 1.91. The summed E-state index contributed by atoms with van der Waals surface area (Å²) in [6.07, 6.45) is 1.81. The molecule has 114 valence electrons. The van der Waals surface area contributed by atoms with Gasteiger partial charge in [0.2, 0.25) is 0 Å². The highest BCUT2D eigenvalue weighted by Gasteiger charge is 2.17. The van der Waals surface area contributed by atoms with Gasteiger partial charge in [-0.1, -0.05) is 27.7 Å². The van der Waals surface area contributed by atoms with Crippen LogP contribution in [0.25, 0.3) is 10.7 Å². The second-order valence-electron chi connectivity index (χ2n) is 5.50. The third-order valence-electron chi connectivity index (χ3n) is 2.96. The minimum Gasteiger partial charge on any atom is -0.310 e. The first kappa shape index (κ1) is 17.1. The number of rotatable bonds is 5. The number of thiazole rings is 1. The molecule has 0 unspecified atom stereocenters. The van der Waals surface area contributed by atoms with Crippen LogP contribution in [-0.2, 0) is 6.54 Å². The highest BCUT2D eigenvalue weighted by atomic mass is 79.9. The maximum Gasteiger partial charge on any atom is 0.143 e. The zero-order chi connectivity index (χ0) is 15.6. The zero-order valence-corrected chi connectivity index (χ0v) is 16.6. The monoisotopic (exact) mass is 431 g/mol. The van der Waals surface area contributed by atoms with Crippen molar-refractivity contribution in [1.82, 2.24) is 15.3 Å². The van der Waals surface area contributed by atoms with Gasteiger partial charge >= 0.3 is 0 Å². The van der Waals surface area contributed by atoms with Crippen LogP contribution in [0.1, 0.15) is 44.2 Å². The standard InChI is InChI=1S/C15H19Br2N3S/c1-8(2)13-12(7-18-9(3)4)21-15(20-13)14-11(17)5-10(16)6-19-14/h5-6,8-9,18H,7H2,1-4H3. The summed E-state index contributed by atoms with van der Waals surface area (Å²) in [7, 11) is 0. The molecule has 0 bridgehead atoms. The van der Waals surface area contributed by atoms with Gasteiger partial charge in [0, 0.05) is 32.6 Å². The summed E-state index contributed by atoms with van der Waals surface area (Å²) in [6.45, 7) is 9.54. The van der Waals surface area contributed by atoms with Crippen LogP contribution in [0.3, 0.4) is 0 Å². The van der Waals surface area contributed by atoms with Gasteiger partial charge < -0.3 is 5.32 Å². The van der Waals surface area contributed by atoms with Gasteiger partial charge in [-0.3, -0.25) is 4.98 Å². The summed E-state index contributed by atoms with van der Waals surface area (Å²) in [6, 6.07) is 2.47. The quantitative estimate of drug-likeness (QED) is 0.691. The van der Waals surface area contributed by atoms with Crippen LogP contribution in [0.5, 0.6) is 0 Å². The predicted molar refractivity (Wildman–Crippen MR) is 96.8 cm³/mol. The van der Waals surface area contributed by atoms with Crippen molar-refractivity contribution in [2.45, 2.75) is 46.2 Å². The lowest BCUT2D eigenvalue weighted by Crippen LogP contribution is -2.22. The summed E-state index contributed by atoms with van der Waals surface area (Å²) in [5.41, 5.74) is 2.07. The van der Waals surface area contributed by atoms with Gasteiger partial charge in [0.1, 0.15) is 10.7 Å². The van der Waals surface area contributed by atoms with Gasteiger partial charge in [0.25, 0.3) is 0 Å². The Kier molecular flexibility index (Phi) is 5.94. The molecule has 6 heteroatoms. The van der Waals surface area contributed by atoms with Crippen molar-refractivity contribution >= 4 is 43.2 Å². The molecule has 2 aromatic heterocycles. The highest BCUT2D eigenvalue weighted by molar-refractivity contribution is 9.11. The first-order valence-electron chi connectivity index (χ1n) is 6.93. The van der Waals surface area contributed by atoms with E-state index < -0.39 is 0 Å². The number of hydrogen-bond donors (Lipinski definition) is 1. The predicted octanol–water partition coefficient (Wildman–Crippen LogP) is 5.35. The van der Waals surface area contributed by atoms with Crippen LogP contribution in [0.2, 0.25) is 0 Å². The third-order valence-corrected chi connectivity index (χ3v) is 5.07. The van der Waals surface area contributed by atoms with Crippen LogP contribution in [-0.4, -0.2) is 16.0 Å². The Morgan fingerprint density at radius 2 is 1.95 bits per heavy atom. The van der Waals surface area contributed by atoms with E-state index in [0.717, 1.165) is 26.2 Å². The largest absolute Gasteiger partial charge is 0.310 e. The van der Waals surface area contributed by atoms with E-state index in [0.29, 0.717) is 12.0 Å². The lowest BCUT2D eigenvalue weighted by Gasteiger charge is -2.09. The Hall–Kier alpha value is -0.300. The maximum atomic E-state index is 4.82. The summed E-state index contributed by atoms with van der Waals surface area (Å²) >= 11 is 8.73. The molecule has 0 saturated heterocycles. The number of pyridine rings is 1. The zero-order valence-electron chi connectivity index (χ0n) is 12.6. The molecule has 21 heavy (non-hydrogen) atoms. The molecular weight excluding hydrogens is 414 g/mol. The van der Waals surface area contributed by atoms with Crippen LogP contribution in [0.15, 0.2) is 21.2 Å². The van der Waals surface area contributed by atoms with Gasteiger partial charge in [-0.2, -0.15) is 0 Å². The Balaban J connectivity index is 2.38. The second-order valence-corrected chi connectivity index (χ2v) is 8.36. The molecule has 0 aliphatic heterocycles. The number of aromatic nitrogens is 2. The first-order valence-corrected chi connectivity index (χ1v) is 9.33. The minimum atomic E-state index is 0.410. The van der Waals surface area contributed by atoms with Crippen LogP contribution in [0, 0.1) is 0 Å². The van der Waals surface area contributed by atoms with E-state index in [2.05, 4.69) is 69.9 Å². The molecule has 2 aromatic rings. The van der Waals surface area contributed by atoms with Gasteiger partial charge in [-0.05, 0) is 43.8 Å². The Bertz CT molecular complexity index is 623. The molecule has 0 saturated carbocycles. The van der Waals surface area contributed by atoms with Crippen molar-refractivity contribution in [2.75, 3.05) is 0 Å². The number of nitrogens with zero attached hydrogens (tertiary/aromatic N) is 2. The molecular formula is C15H19Br2N3S. The van der Waals surface area contributed by atoms with Crippen LogP contribution in [0.4, 0.5) is 0 Å². The molecule has 0 radical (unpaired) electrons. The maximum absolute atomic E-state index is 4.82. The van der Waals surface area contributed by atoms with Crippen molar-refractivity contribution in [3.63, 3.8) is 0 Å². The lowest BCUT2D eigenvalue weighted by molar-refractivity contribution is 0.588. The topological polar surface area (TPSA) is 37.8 Å². The molecule has 0 spiro atoms. The van der Waals surface area contributed by atoms with E-state index in [1.54, 1.807) is 11.3 Å². The molecule has 2 rings (SSSR count). The van der Waals surface area contributed by atoms with E-state index in [-0.39, 0.29) is 0 Å². The molecule has 2 heterocycles. The molecule has 1 N–H and O–H groups in total. The fraction of sp³-hybridized carbons (Fsp3) is 0.467. The van der Waals surface area contributed by atoms with E-state index in [4.69, 9.17) is 4.98 Å². The Morgan fingerprint density at radius 3 is 2.52 bits per heavy atom. The average Bonchev–Trinajstić information content (AvgIpc) is 2.80. The van der Waals surface area contributed by atoms with E-state index in [1.807, 2.05) is 12.3 Å². The van der Waals surface area contributed by atoms with Crippen molar-refractivity contribution < 1.29 is 0 Å². The SMILES string of the molecule is CC(C)NCc1sc(-c2ncc(Br)cc2Br)nc1C(C)C. The molecule has 0 amide bonds. The summed E-state index contributed by atoms with van der Waals surface area (Å²) in [4.78, 5) is 10.6. The first-order chi connectivity index (χ1) is 9.88. The Labute approximate surface area is 146 Å². The van der Waals surface area contributed by atoms with Gasteiger partial charge in [0.15, 0.2) is 0 Å². The summed E-state index contributed by atoms with van der Waals surface area (Å²) < 4.78 is 1.92. The number of nitrogens with one attached hydrogen (secondary N) is 1. The van der Waals surface area contributed by atoms with Gasteiger partial charge in [0.05, 0.1) is 5.69 Å².